The first-order valence-corrected chi connectivity index (χ1v) is 6.00. The molecule has 0 aromatic heterocycles. The Labute approximate surface area is 117 Å². The summed E-state index contributed by atoms with van der Waals surface area (Å²) in [7, 11) is 1.63. The maximum Gasteiger partial charge on any atom is 0.239 e. The van der Waals surface area contributed by atoms with E-state index in [1.807, 2.05) is 0 Å². The minimum absolute atomic E-state index is 0. The monoisotopic (exact) mass is 290 g/mol. The zero-order valence-corrected chi connectivity index (χ0v) is 11.5. The number of carbonyl (C=O) groups excluding carboxylic acids is 1. The molecule has 0 radical (unpaired) electrons. The molecule has 2 rings (SSSR count). The lowest BCUT2D eigenvalue weighted by atomic mass is 10.1. The first-order chi connectivity index (χ1) is 8.58. The van der Waals surface area contributed by atoms with Crippen molar-refractivity contribution < 1.29 is 13.6 Å². The van der Waals surface area contributed by atoms with Gasteiger partial charge in [-0.15, -0.1) is 12.4 Å². The summed E-state index contributed by atoms with van der Waals surface area (Å²) in [6.07, 6.45) is 1.80. The van der Waals surface area contributed by atoms with Crippen molar-refractivity contribution in [2.75, 3.05) is 13.6 Å². The van der Waals surface area contributed by atoms with Gasteiger partial charge in [0.1, 0.15) is 11.6 Å². The number of carbonyl (C=O) groups is 1. The van der Waals surface area contributed by atoms with Crippen molar-refractivity contribution in [1.29, 1.82) is 0 Å². The lowest BCUT2D eigenvalue weighted by Crippen LogP contribution is -2.41. The Morgan fingerprint density at radius 2 is 2.21 bits per heavy atom. The molecule has 1 atom stereocenters. The van der Waals surface area contributed by atoms with Crippen molar-refractivity contribution in [2.45, 2.75) is 25.4 Å². The summed E-state index contributed by atoms with van der Waals surface area (Å²) in [5, 5.41) is 3.10. The summed E-state index contributed by atoms with van der Waals surface area (Å²) in [5.74, 6) is -1.27. The maximum absolute atomic E-state index is 13.5. The molecule has 1 aromatic carbocycles. The van der Waals surface area contributed by atoms with E-state index in [0.29, 0.717) is 5.56 Å². The SMILES string of the molecule is CN(Cc1ccc(F)cc1F)C(=O)[C@@H]1CCCN1.Cl. The number of halogens is 3. The Morgan fingerprint density at radius 3 is 2.79 bits per heavy atom. The van der Waals surface area contributed by atoms with Gasteiger partial charge in [-0.3, -0.25) is 4.79 Å². The molecule has 6 heteroatoms. The average Bonchev–Trinajstić information content (AvgIpc) is 2.85. The molecule has 106 valence electrons. The van der Waals surface area contributed by atoms with E-state index in [1.165, 1.54) is 17.0 Å². The molecule has 1 N–H and O–H groups in total. The molecule has 1 saturated heterocycles. The Kier molecular flexibility index (Phi) is 5.69. The second-order valence-corrected chi connectivity index (χ2v) is 4.58. The van der Waals surface area contributed by atoms with Crippen molar-refractivity contribution >= 4 is 18.3 Å². The van der Waals surface area contributed by atoms with E-state index in [9.17, 15) is 13.6 Å². The van der Waals surface area contributed by atoms with Gasteiger partial charge in [0.25, 0.3) is 0 Å². The first kappa shape index (κ1) is 15.9. The van der Waals surface area contributed by atoms with Crippen molar-refractivity contribution in [1.82, 2.24) is 10.2 Å². The van der Waals surface area contributed by atoms with Crippen LogP contribution in [0.4, 0.5) is 8.78 Å². The van der Waals surface area contributed by atoms with Gasteiger partial charge in [-0.05, 0) is 25.5 Å². The molecule has 3 nitrogen and oxygen atoms in total. The van der Waals surface area contributed by atoms with Crippen LogP contribution >= 0.6 is 12.4 Å². The average molecular weight is 291 g/mol. The fourth-order valence-electron chi connectivity index (χ4n) is 2.14. The second kappa shape index (κ2) is 6.82. The summed E-state index contributed by atoms with van der Waals surface area (Å²) in [6.45, 7) is 0.998. The van der Waals surface area contributed by atoms with Crippen molar-refractivity contribution in [3.63, 3.8) is 0 Å². The van der Waals surface area contributed by atoms with Crippen LogP contribution in [-0.4, -0.2) is 30.4 Å². The van der Waals surface area contributed by atoms with Crippen LogP contribution in [0.2, 0.25) is 0 Å². The van der Waals surface area contributed by atoms with Gasteiger partial charge in [-0.25, -0.2) is 8.78 Å². The molecule has 0 unspecified atom stereocenters. The number of amides is 1. The summed E-state index contributed by atoms with van der Waals surface area (Å²) in [5.41, 5.74) is 0.324. The molecule has 19 heavy (non-hydrogen) atoms. The number of hydrogen-bond donors (Lipinski definition) is 1. The Morgan fingerprint density at radius 1 is 1.47 bits per heavy atom. The van der Waals surface area contributed by atoms with Gasteiger partial charge >= 0.3 is 0 Å². The first-order valence-electron chi connectivity index (χ1n) is 6.00. The largest absolute Gasteiger partial charge is 0.340 e. The predicted octanol–water partition coefficient (Wildman–Crippen LogP) is 2.10. The van der Waals surface area contributed by atoms with Crippen molar-refractivity contribution in [2.24, 2.45) is 0 Å². The van der Waals surface area contributed by atoms with Gasteiger partial charge < -0.3 is 10.2 Å². The van der Waals surface area contributed by atoms with Gasteiger partial charge in [-0.2, -0.15) is 0 Å². The van der Waals surface area contributed by atoms with Crippen LogP contribution in [0.25, 0.3) is 0 Å². The van der Waals surface area contributed by atoms with E-state index in [1.54, 1.807) is 7.05 Å². The molecule has 1 fully saturated rings. The van der Waals surface area contributed by atoms with Gasteiger partial charge in [0.05, 0.1) is 6.04 Å². The molecule has 0 spiro atoms. The topological polar surface area (TPSA) is 32.3 Å². The molecule has 0 aliphatic carbocycles. The van der Waals surface area contributed by atoms with Gasteiger partial charge in [0, 0.05) is 25.2 Å². The third-order valence-corrected chi connectivity index (χ3v) is 3.16. The van der Waals surface area contributed by atoms with Crippen molar-refractivity contribution in [3.8, 4) is 0 Å². The van der Waals surface area contributed by atoms with Crippen LogP contribution in [0.3, 0.4) is 0 Å². The highest BCUT2D eigenvalue weighted by atomic mass is 35.5. The van der Waals surface area contributed by atoms with Gasteiger partial charge in [-0.1, -0.05) is 6.07 Å². The Balaban J connectivity index is 0.00000180. The fraction of sp³-hybridized carbons (Fsp3) is 0.462. The standard InChI is InChI=1S/C13H16F2N2O.ClH/c1-17(13(18)12-3-2-6-16-12)8-9-4-5-10(14)7-11(9)15;/h4-5,7,12,16H,2-3,6,8H2,1H3;1H/t12-;/m0./s1. The summed E-state index contributed by atoms with van der Waals surface area (Å²) in [4.78, 5) is 13.5. The van der Waals surface area contributed by atoms with E-state index in [4.69, 9.17) is 0 Å². The zero-order valence-electron chi connectivity index (χ0n) is 10.7. The molecular weight excluding hydrogens is 274 g/mol. The molecule has 1 aromatic rings. The van der Waals surface area contributed by atoms with E-state index in [-0.39, 0.29) is 30.9 Å². The summed E-state index contributed by atoms with van der Waals surface area (Å²) >= 11 is 0. The molecule has 1 heterocycles. The number of nitrogens with zero attached hydrogens (tertiary/aromatic N) is 1. The highest BCUT2D eigenvalue weighted by molar-refractivity contribution is 5.85. The van der Waals surface area contributed by atoms with Crippen LogP contribution in [0.1, 0.15) is 18.4 Å². The van der Waals surface area contributed by atoms with Crippen LogP contribution in [0, 0.1) is 11.6 Å². The zero-order chi connectivity index (χ0) is 13.1. The third kappa shape index (κ3) is 3.88. The van der Waals surface area contributed by atoms with Crippen LogP contribution in [0.15, 0.2) is 18.2 Å². The number of hydrogen-bond acceptors (Lipinski definition) is 2. The maximum atomic E-state index is 13.5. The lowest BCUT2D eigenvalue weighted by Gasteiger charge is -2.21. The fourth-order valence-corrected chi connectivity index (χ4v) is 2.14. The highest BCUT2D eigenvalue weighted by Crippen LogP contribution is 2.14. The number of rotatable bonds is 3. The Hall–Kier alpha value is -1.20. The minimum atomic E-state index is -0.617. The minimum Gasteiger partial charge on any atom is -0.340 e. The molecular formula is C13H17ClF2N2O. The quantitative estimate of drug-likeness (QED) is 0.925. The molecule has 0 saturated carbocycles. The lowest BCUT2D eigenvalue weighted by molar-refractivity contribution is -0.132. The van der Waals surface area contributed by atoms with Gasteiger partial charge in [0.15, 0.2) is 0 Å². The van der Waals surface area contributed by atoms with Crippen LogP contribution in [-0.2, 0) is 11.3 Å². The van der Waals surface area contributed by atoms with Gasteiger partial charge in [0.2, 0.25) is 5.91 Å². The molecule has 1 amide bonds. The second-order valence-electron chi connectivity index (χ2n) is 4.58. The van der Waals surface area contributed by atoms with E-state index in [2.05, 4.69) is 5.32 Å². The predicted molar refractivity (Wildman–Crippen MR) is 71.1 cm³/mol. The number of likely N-dealkylation sites (N-methyl/N-ethyl adjacent to an activating group) is 1. The van der Waals surface area contributed by atoms with Crippen LogP contribution < -0.4 is 5.32 Å². The highest BCUT2D eigenvalue weighted by Gasteiger charge is 2.25. The summed E-state index contributed by atoms with van der Waals surface area (Å²) in [6, 6.07) is 3.24. The Bertz CT molecular complexity index is 450. The third-order valence-electron chi connectivity index (χ3n) is 3.16. The normalized spacial score (nSPS) is 17.9. The van der Waals surface area contributed by atoms with E-state index in [0.717, 1.165) is 25.5 Å². The molecule has 1 aliphatic heterocycles. The van der Waals surface area contributed by atoms with E-state index < -0.39 is 11.6 Å². The van der Waals surface area contributed by atoms with Crippen LogP contribution in [0.5, 0.6) is 0 Å². The molecule has 1 aliphatic rings. The smallest absolute Gasteiger partial charge is 0.239 e. The summed E-state index contributed by atoms with van der Waals surface area (Å²) < 4.78 is 26.2. The van der Waals surface area contributed by atoms with E-state index >= 15 is 0 Å². The van der Waals surface area contributed by atoms with Crippen molar-refractivity contribution in [3.05, 3.63) is 35.4 Å². The number of benzene rings is 1. The molecule has 0 bridgehead atoms. The number of nitrogens with one attached hydrogen (secondary N) is 1.